The van der Waals surface area contributed by atoms with E-state index in [1.807, 2.05) is 19.0 Å². The van der Waals surface area contributed by atoms with E-state index in [9.17, 15) is 0 Å². The Kier molecular flexibility index (Phi) is 4.66. The highest BCUT2D eigenvalue weighted by Crippen LogP contribution is 2.28. The van der Waals surface area contributed by atoms with Gasteiger partial charge in [-0.25, -0.2) is 9.97 Å². The first-order valence-corrected chi connectivity index (χ1v) is 10.5. The van der Waals surface area contributed by atoms with Crippen LogP contribution in [0.1, 0.15) is 24.1 Å². The van der Waals surface area contributed by atoms with Gasteiger partial charge in [0.25, 0.3) is 0 Å². The lowest BCUT2D eigenvalue weighted by Crippen LogP contribution is -2.47. The van der Waals surface area contributed by atoms with Crippen LogP contribution < -0.4 is 14.7 Å². The number of hydrogen-bond donors (Lipinski definition) is 0. The Hall–Kier alpha value is -2.96. The molecule has 1 fully saturated rings. The number of rotatable bonds is 3. The summed E-state index contributed by atoms with van der Waals surface area (Å²) in [5.41, 5.74) is 4.81. The molecule has 1 aromatic carbocycles. The third kappa shape index (κ3) is 3.45. The molecule has 0 N–H and O–H groups in total. The molecule has 0 saturated carbocycles. The summed E-state index contributed by atoms with van der Waals surface area (Å²) in [5, 5.41) is 10.1. The van der Waals surface area contributed by atoms with E-state index in [0.717, 1.165) is 61.6 Å². The van der Waals surface area contributed by atoms with E-state index in [2.05, 4.69) is 54.2 Å². The minimum Gasteiger partial charge on any atom is -0.368 e. The molecule has 0 radical (unpaired) electrons. The van der Waals surface area contributed by atoms with E-state index in [4.69, 9.17) is 0 Å². The Morgan fingerprint density at radius 3 is 2.48 bits per heavy atom. The molecule has 2 aliphatic rings. The maximum Gasteiger partial charge on any atom is 0.151 e. The number of aryl methyl sites for hydroxylation is 2. The molecule has 150 valence electrons. The van der Waals surface area contributed by atoms with Crippen molar-refractivity contribution in [1.29, 1.82) is 0 Å². The van der Waals surface area contributed by atoms with Crippen molar-refractivity contribution in [3.63, 3.8) is 0 Å². The molecular weight excluding hydrogens is 362 g/mol. The van der Waals surface area contributed by atoms with Crippen molar-refractivity contribution in [3.05, 3.63) is 41.9 Å². The Balaban J connectivity index is 1.33. The lowest BCUT2D eigenvalue weighted by atomic mass is 9.97. The first-order chi connectivity index (χ1) is 14.2. The van der Waals surface area contributed by atoms with Gasteiger partial charge in [-0.15, -0.1) is 5.10 Å². The molecule has 0 bridgehead atoms. The number of hydrogen-bond acceptors (Lipinski definition) is 7. The van der Waals surface area contributed by atoms with Crippen molar-refractivity contribution in [2.24, 2.45) is 0 Å². The summed E-state index contributed by atoms with van der Waals surface area (Å²) in [4.78, 5) is 15.7. The third-order valence-electron chi connectivity index (χ3n) is 6.05. The van der Waals surface area contributed by atoms with Crippen LogP contribution >= 0.6 is 0 Å². The monoisotopic (exact) mass is 389 g/mol. The molecule has 0 spiro atoms. The quantitative estimate of drug-likeness (QED) is 0.682. The summed E-state index contributed by atoms with van der Waals surface area (Å²) >= 11 is 0. The van der Waals surface area contributed by atoms with E-state index in [-0.39, 0.29) is 0 Å². The second-order valence-corrected chi connectivity index (χ2v) is 8.15. The first-order valence-electron chi connectivity index (χ1n) is 10.5. The van der Waals surface area contributed by atoms with Crippen molar-refractivity contribution in [2.45, 2.75) is 25.7 Å². The van der Waals surface area contributed by atoms with Crippen LogP contribution in [-0.4, -0.2) is 60.4 Å². The molecule has 7 heteroatoms. The van der Waals surface area contributed by atoms with Crippen molar-refractivity contribution in [3.8, 4) is 0 Å². The van der Waals surface area contributed by atoms with Crippen molar-refractivity contribution >= 4 is 28.2 Å². The van der Waals surface area contributed by atoms with Gasteiger partial charge in [0.1, 0.15) is 12.1 Å². The van der Waals surface area contributed by atoms with Gasteiger partial charge in [0, 0.05) is 51.3 Å². The van der Waals surface area contributed by atoms with E-state index in [1.54, 1.807) is 6.33 Å². The summed E-state index contributed by atoms with van der Waals surface area (Å²) in [6, 6.07) is 8.76. The van der Waals surface area contributed by atoms with Crippen LogP contribution in [0, 0.1) is 0 Å². The first kappa shape index (κ1) is 18.1. The molecule has 3 heterocycles. The number of nitrogens with zero attached hydrogens (tertiary/aromatic N) is 7. The molecule has 0 atom stereocenters. The average Bonchev–Trinajstić information content (AvgIpc) is 2.78. The van der Waals surface area contributed by atoms with E-state index in [1.165, 1.54) is 29.8 Å². The number of fused-ring (bicyclic) bond motifs is 2. The van der Waals surface area contributed by atoms with Crippen LogP contribution in [0.3, 0.4) is 0 Å². The predicted octanol–water partition coefficient (Wildman–Crippen LogP) is 2.69. The number of aromatic nitrogens is 4. The molecule has 3 aromatic rings. The fraction of sp³-hybridized carbons (Fsp3) is 0.455. The largest absolute Gasteiger partial charge is 0.368 e. The molecule has 5 rings (SSSR count). The molecule has 1 aliphatic carbocycles. The van der Waals surface area contributed by atoms with Gasteiger partial charge in [-0.2, -0.15) is 5.10 Å². The second-order valence-electron chi connectivity index (χ2n) is 8.15. The highest BCUT2D eigenvalue weighted by atomic mass is 15.3. The summed E-state index contributed by atoms with van der Waals surface area (Å²) in [6.07, 6.45) is 6.37. The van der Waals surface area contributed by atoms with Crippen LogP contribution in [0.5, 0.6) is 0 Å². The average molecular weight is 390 g/mol. The van der Waals surface area contributed by atoms with E-state index < -0.39 is 0 Å². The van der Waals surface area contributed by atoms with Gasteiger partial charge in [-0.1, -0.05) is 0 Å². The lowest BCUT2D eigenvalue weighted by Gasteiger charge is -2.37. The SMILES string of the molecule is CN(C)c1ncnc2ccc(N3CCN(c4cc5c(nn4)CCCC5)CC3)cc12. The zero-order valence-electron chi connectivity index (χ0n) is 17.2. The molecule has 7 nitrogen and oxygen atoms in total. The minimum atomic E-state index is 0.956. The standard InChI is InChI=1S/C22H27N7/c1-27(2)22-18-14-17(7-8-20(18)23-15-24-22)28-9-11-29(12-10-28)21-13-16-5-3-4-6-19(16)25-26-21/h7-8,13-15H,3-6,9-12H2,1-2H3. The normalized spacial score (nSPS) is 16.8. The predicted molar refractivity (Wildman–Crippen MR) is 117 cm³/mol. The zero-order valence-corrected chi connectivity index (χ0v) is 17.2. The lowest BCUT2D eigenvalue weighted by molar-refractivity contribution is 0.626. The third-order valence-corrected chi connectivity index (χ3v) is 6.05. The fourth-order valence-electron chi connectivity index (χ4n) is 4.41. The number of anilines is 3. The molecule has 2 aromatic heterocycles. The van der Waals surface area contributed by atoms with Crippen molar-refractivity contribution in [1.82, 2.24) is 20.2 Å². The summed E-state index contributed by atoms with van der Waals surface area (Å²) in [5.74, 6) is 1.99. The van der Waals surface area contributed by atoms with Crippen LogP contribution in [0.15, 0.2) is 30.6 Å². The topological polar surface area (TPSA) is 61.3 Å². The summed E-state index contributed by atoms with van der Waals surface area (Å²) in [6.45, 7) is 3.85. The van der Waals surface area contributed by atoms with Gasteiger partial charge in [-0.05, 0) is 55.5 Å². The van der Waals surface area contributed by atoms with Crippen molar-refractivity contribution in [2.75, 3.05) is 55.0 Å². The van der Waals surface area contributed by atoms with Crippen LogP contribution in [0.4, 0.5) is 17.3 Å². The van der Waals surface area contributed by atoms with Crippen LogP contribution in [-0.2, 0) is 12.8 Å². The number of benzene rings is 1. The Morgan fingerprint density at radius 2 is 1.66 bits per heavy atom. The van der Waals surface area contributed by atoms with Crippen molar-refractivity contribution < 1.29 is 0 Å². The fourth-order valence-corrected chi connectivity index (χ4v) is 4.41. The minimum absolute atomic E-state index is 0.956. The van der Waals surface area contributed by atoms with Crippen LogP contribution in [0.25, 0.3) is 10.9 Å². The maximum absolute atomic E-state index is 4.52. The maximum atomic E-state index is 4.52. The number of piperazine rings is 1. The summed E-state index contributed by atoms with van der Waals surface area (Å²) < 4.78 is 0. The van der Waals surface area contributed by atoms with E-state index in [0.29, 0.717) is 0 Å². The van der Waals surface area contributed by atoms with Gasteiger partial charge in [0.2, 0.25) is 0 Å². The molecule has 1 saturated heterocycles. The molecule has 0 unspecified atom stereocenters. The van der Waals surface area contributed by atoms with Gasteiger partial charge < -0.3 is 14.7 Å². The molecule has 0 amide bonds. The smallest absolute Gasteiger partial charge is 0.151 e. The van der Waals surface area contributed by atoms with Gasteiger partial charge in [0.05, 0.1) is 11.2 Å². The zero-order chi connectivity index (χ0) is 19.8. The second kappa shape index (κ2) is 7.46. The molecule has 1 aliphatic heterocycles. The highest BCUT2D eigenvalue weighted by Gasteiger charge is 2.21. The van der Waals surface area contributed by atoms with Gasteiger partial charge >= 0.3 is 0 Å². The van der Waals surface area contributed by atoms with Gasteiger partial charge in [0.15, 0.2) is 5.82 Å². The molecular formula is C22H27N7. The Bertz CT molecular complexity index is 1020. The van der Waals surface area contributed by atoms with E-state index >= 15 is 0 Å². The Labute approximate surface area is 171 Å². The highest BCUT2D eigenvalue weighted by molar-refractivity contribution is 5.91. The summed E-state index contributed by atoms with van der Waals surface area (Å²) in [7, 11) is 4.04. The van der Waals surface area contributed by atoms with Crippen LogP contribution in [0.2, 0.25) is 0 Å². The van der Waals surface area contributed by atoms with Gasteiger partial charge in [-0.3, -0.25) is 0 Å². The molecule has 29 heavy (non-hydrogen) atoms. The Morgan fingerprint density at radius 1 is 0.862 bits per heavy atom.